The number of alkyl halides is 1. The van der Waals surface area contributed by atoms with Crippen molar-refractivity contribution in [3.63, 3.8) is 0 Å². The number of allylic oxidation sites excluding steroid dienone is 2. The lowest BCUT2D eigenvalue weighted by atomic mass is 9.96. The molecule has 1 fully saturated rings. The second-order valence-electron chi connectivity index (χ2n) is 6.03. The molecule has 1 N–H and O–H groups in total. The van der Waals surface area contributed by atoms with Crippen LogP contribution in [0.15, 0.2) is 23.8 Å². The number of esters is 1. The van der Waals surface area contributed by atoms with Crippen molar-refractivity contribution in [2.24, 2.45) is 5.41 Å². The van der Waals surface area contributed by atoms with Gasteiger partial charge in [-0.3, -0.25) is 14.4 Å². The Labute approximate surface area is 128 Å². The zero-order chi connectivity index (χ0) is 16.5. The highest BCUT2D eigenvalue weighted by atomic mass is 19.1. The van der Waals surface area contributed by atoms with Crippen LogP contribution in [0.1, 0.15) is 33.6 Å². The average Bonchev–Trinajstić information content (AvgIpc) is 3.00. The molecule has 2 aliphatic rings. The monoisotopic (exact) mass is 309 g/mol. The van der Waals surface area contributed by atoms with Gasteiger partial charge in [0, 0.05) is 11.0 Å². The van der Waals surface area contributed by atoms with Crippen molar-refractivity contribution in [3.8, 4) is 0 Å². The SMILES string of the molecule is CCOC(=O)CC(=O)C(C)NC(=O)C1=CC2(F)CC2(C)C=C1. The lowest BCUT2D eigenvalue weighted by molar-refractivity contribution is -0.146. The van der Waals surface area contributed by atoms with Crippen LogP contribution < -0.4 is 5.32 Å². The van der Waals surface area contributed by atoms with Gasteiger partial charge in [0.25, 0.3) is 5.91 Å². The second-order valence-corrected chi connectivity index (χ2v) is 6.03. The number of carbonyl (C=O) groups excluding carboxylic acids is 3. The van der Waals surface area contributed by atoms with Gasteiger partial charge in [0.2, 0.25) is 0 Å². The molecule has 3 atom stereocenters. The summed E-state index contributed by atoms with van der Waals surface area (Å²) in [5.41, 5.74) is -1.78. The maximum atomic E-state index is 14.3. The fourth-order valence-corrected chi connectivity index (χ4v) is 2.48. The van der Waals surface area contributed by atoms with E-state index in [2.05, 4.69) is 10.1 Å². The van der Waals surface area contributed by atoms with Crippen molar-refractivity contribution in [2.45, 2.75) is 45.3 Å². The van der Waals surface area contributed by atoms with Crippen molar-refractivity contribution < 1.29 is 23.5 Å². The molecule has 6 heteroatoms. The van der Waals surface area contributed by atoms with Gasteiger partial charge in [0.15, 0.2) is 5.78 Å². The van der Waals surface area contributed by atoms with E-state index in [9.17, 15) is 18.8 Å². The summed E-state index contributed by atoms with van der Waals surface area (Å²) in [5, 5.41) is 2.48. The predicted octanol–water partition coefficient (Wildman–Crippen LogP) is 1.63. The quantitative estimate of drug-likeness (QED) is 0.598. The summed E-state index contributed by atoms with van der Waals surface area (Å²) in [4.78, 5) is 35.1. The Morgan fingerprint density at radius 1 is 1.45 bits per heavy atom. The van der Waals surface area contributed by atoms with E-state index in [0.29, 0.717) is 6.42 Å². The number of fused-ring (bicyclic) bond motifs is 1. The Morgan fingerprint density at radius 2 is 2.14 bits per heavy atom. The first-order valence-electron chi connectivity index (χ1n) is 7.31. The molecule has 0 aromatic heterocycles. The van der Waals surface area contributed by atoms with Crippen LogP contribution in [0.5, 0.6) is 0 Å². The van der Waals surface area contributed by atoms with Crippen molar-refractivity contribution in [2.75, 3.05) is 6.61 Å². The van der Waals surface area contributed by atoms with Crippen molar-refractivity contribution in [1.82, 2.24) is 5.32 Å². The molecule has 120 valence electrons. The number of amides is 1. The summed E-state index contributed by atoms with van der Waals surface area (Å²) in [6.07, 6.45) is 4.54. The van der Waals surface area contributed by atoms with Gasteiger partial charge in [0.05, 0.1) is 12.6 Å². The van der Waals surface area contributed by atoms with E-state index in [1.807, 2.05) is 0 Å². The molecule has 3 unspecified atom stereocenters. The van der Waals surface area contributed by atoms with Crippen LogP contribution in [0.4, 0.5) is 4.39 Å². The maximum absolute atomic E-state index is 14.3. The highest BCUT2D eigenvalue weighted by Crippen LogP contribution is 2.63. The van der Waals surface area contributed by atoms with Gasteiger partial charge in [-0.2, -0.15) is 0 Å². The van der Waals surface area contributed by atoms with Gasteiger partial charge < -0.3 is 10.1 Å². The van der Waals surface area contributed by atoms with Crippen LogP contribution in [-0.4, -0.2) is 36.0 Å². The zero-order valence-corrected chi connectivity index (χ0v) is 12.9. The number of hydrogen-bond acceptors (Lipinski definition) is 4. The number of ketones is 1. The van der Waals surface area contributed by atoms with Gasteiger partial charge in [-0.25, -0.2) is 4.39 Å². The Balaban J connectivity index is 1.91. The van der Waals surface area contributed by atoms with Crippen LogP contribution in [0, 0.1) is 5.41 Å². The van der Waals surface area contributed by atoms with Gasteiger partial charge >= 0.3 is 5.97 Å². The molecule has 0 bridgehead atoms. The number of rotatable bonds is 6. The molecule has 1 saturated carbocycles. The molecule has 0 aromatic carbocycles. The minimum Gasteiger partial charge on any atom is -0.466 e. The zero-order valence-electron chi connectivity index (χ0n) is 12.9. The average molecular weight is 309 g/mol. The number of halogens is 1. The number of hydrogen-bond donors (Lipinski definition) is 1. The van der Waals surface area contributed by atoms with Gasteiger partial charge in [0.1, 0.15) is 12.1 Å². The molecule has 0 saturated heterocycles. The molecule has 22 heavy (non-hydrogen) atoms. The minimum atomic E-state index is -1.47. The third-order valence-electron chi connectivity index (χ3n) is 4.18. The first kappa shape index (κ1) is 16.4. The molecule has 5 nitrogen and oxygen atoms in total. The van der Waals surface area contributed by atoms with E-state index in [-0.39, 0.29) is 12.2 Å². The van der Waals surface area contributed by atoms with Crippen LogP contribution in [-0.2, 0) is 19.1 Å². The highest BCUT2D eigenvalue weighted by molar-refractivity contribution is 6.03. The van der Waals surface area contributed by atoms with Crippen LogP contribution in [0.25, 0.3) is 0 Å². The summed E-state index contributed by atoms with van der Waals surface area (Å²) in [7, 11) is 0. The van der Waals surface area contributed by atoms with Crippen LogP contribution in [0.2, 0.25) is 0 Å². The van der Waals surface area contributed by atoms with Crippen molar-refractivity contribution in [1.29, 1.82) is 0 Å². The lowest BCUT2D eigenvalue weighted by Gasteiger charge is -2.17. The second kappa shape index (κ2) is 5.66. The lowest BCUT2D eigenvalue weighted by Crippen LogP contribution is -2.40. The van der Waals surface area contributed by atoms with Crippen molar-refractivity contribution in [3.05, 3.63) is 23.8 Å². The Kier molecular flexibility index (Phi) is 4.22. The number of ether oxygens (including phenoxy) is 1. The molecule has 0 radical (unpaired) electrons. The summed E-state index contributed by atoms with van der Waals surface area (Å²) in [5.74, 6) is -1.59. The van der Waals surface area contributed by atoms with Gasteiger partial charge in [-0.1, -0.05) is 19.1 Å². The summed E-state index contributed by atoms with van der Waals surface area (Å²) in [6.45, 7) is 5.12. The normalized spacial score (nSPS) is 29.9. The van der Waals surface area contributed by atoms with E-state index >= 15 is 0 Å². The fraction of sp³-hybridized carbons (Fsp3) is 0.562. The summed E-state index contributed by atoms with van der Waals surface area (Å²) < 4.78 is 18.9. The first-order chi connectivity index (χ1) is 10.2. The third kappa shape index (κ3) is 3.10. The van der Waals surface area contributed by atoms with Gasteiger partial charge in [-0.05, 0) is 26.3 Å². The van der Waals surface area contributed by atoms with E-state index < -0.39 is 41.2 Å². The Morgan fingerprint density at radius 3 is 2.73 bits per heavy atom. The molecule has 2 aliphatic carbocycles. The van der Waals surface area contributed by atoms with Crippen LogP contribution >= 0.6 is 0 Å². The molecule has 0 heterocycles. The number of Topliss-reactive ketones (excluding diaryl/α,β-unsaturated/α-hetero) is 1. The summed E-state index contributed by atoms with van der Waals surface area (Å²) in [6, 6.07) is -0.839. The maximum Gasteiger partial charge on any atom is 0.313 e. The highest BCUT2D eigenvalue weighted by Gasteiger charge is 2.64. The smallest absolute Gasteiger partial charge is 0.313 e. The predicted molar refractivity (Wildman–Crippen MR) is 77.6 cm³/mol. The topological polar surface area (TPSA) is 72.5 Å². The third-order valence-corrected chi connectivity index (χ3v) is 4.18. The molecular weight excluding hydrogens is 289 g/mol. The minimum absolute atomic E-state index is 0.196. The molecule has 0 aliphatic heterocycles. The van der Waals surface area contributed by atoms with E-state index in [4.69, 9.17) is 0 Å². The molecule has 1 amide bonds. The molecular formula is C16H20FNO4. The molecule has 2 rings (SSSR count). The van der Waals surface area contributed by atoms with Crippen LogP contribution in [0.3, 0.4) is 0 Å². The Hall–Kier alpha value is -1.98. The number of nitrogens with one attached hydrogen (secondary N) is 1. The first-order valence-corrected chi connectivity index (χ1v) is 7.31. The van der Waals surface area contributed by atoms with E-state index in [1.54, 1.807) is 26.0 Å². The van der Waals surface area contributed by atoms with Gasteiger partial charge in [-0.15, -0.1) is 0 Å². The standard InChI is InChI=1S/C16H20FNO4/c1-4-22-13(20)7-12(19)10(2)18-14(21)11-5-6-15(3)9-16(15,17)8-11/h5-6,8,10H,4,7,9H2,1-3H3,(H,18,21). The largest absolute Gasteiger partial charge is 0.466 e. The van der Waals surface area contributed by atoms with E-state index in [1.165, 1.54) is 13.0 Å². The summed E-state index contributed by atoms with van der Waals surface area (Å²) >= 11 is 0. The fourth-order valence-electron chi connectivity index (χ4n) is 2.48. The number of carbonyl (C=O) groups is 3. The Bertz CT molecular complexity index is 583. The molecule has 0 aromatic rings. The van der Waals surface area contributed by atoms with Crippen molar-refractivity contribution >= 4 is 17.7 Å². The van der Waals surface area contributed by atoms with E-state index in [0.717, 1.165) is 0 Å². The molecule has 0 spiro atoms.